The summed E-state index contributed by atoms with van der Waals surface area (Å²) in [6.07, 6.45) is 3.25. The maximum absolute atomic E-state index is 12.3. The van der Waals surface area contributed by atoms with Crippen molar-refractivity contribution in [2.75, 3.05) is 6.61 Å². The van der Waals surface area contributed by atoms with E-state index in [2.05, 4.69) is 28.8 Å². The van der Waals surface area contributed by atoms with E-state index in [0.717, 1.165) is 17.1 Å². The molecule has 0 radical (unpaired) electrons. The fraction of sp³-hybridized carbons (Fsp3) is 0.190. The molecule has 1 aromatic carbocycles. The maximum Gasteiger partial charge on any atom is 0.332 e. The third kappa shape index (κ3) is 2.55. The van der Waals surface area contributed by atoms with E-state index in [0.29, 0.717) is 29.3 Å². The summed E-state index contributed by atoms with van der Waals surface area (Å²) in [5.74, 6) is 2.02. The second-order valence-electron chi connectivity index (χ2n) is 7.40. The molecule has 0 saturated carbocycles. The van der Waals surface area contributed by atoms with Crippen LogP contribution < -0.4 is 15.2 Å². The lowest BCUT2D eigenvalue weighted by Crippen LogP contribution is -2.19. The monoisotopic (exact) mass is 374 g/mol. The van der Waals surface area contributed by atoms with E-state index >= 15 is 0 Å². The van der Waals surface area contributed by atoms with Crippen molar-refractivity contribution in [1.29, 1.82) is 0 Å². The zero-order chi connectivity index (χ0) is 19.3. The molecule has 0 unspecified atom stereocenters. The number of ether oxygens (including phenoxy) is 2. The first-order chi connectivity index (χ1) is 13.5. The van der Waals surface area contributed by atoms with Gasteiger partial charge < -0.3 is 14.5 Å². The van der Waals surface area contributed by atoms with Crippen LogP contribution in [-0.4, -0.2) is 26.1 Å². The Morgan fingerprint density at radius 1 is 1.14 bits per heavy atom. The largest absolute Gasteiger partial charge is 0.492 e. The van der Waals surface area contributed by atoms with Gasteiger partial charge in [0.05, 0.1) is 24.0 Å². The van der Waals surface area contributed by atoms with E-state index in [-0.39, 0.29) is 11.1 Å². The molecule has 5 rings (SSSR count). The van der Waals surface area contributed by atoms with Gasteiger partial charge in [0.15, 0.2) is 5.65 Å². The summed E-state index contributed by atoms with van der Waals surface area (Å²) >= 11 is 0. The number of rotatable bonds is 3. The summed E-state index contributed by atoms with van der Waals surface area (Å²) in [7, 11) is 0. The number of fused-ring (bicyclic) bond motifs is 2. The van der Waals surface area contributed by atoms with Crippen molar-refractivity contribution in [1.82, 2.24) is 19.5 Å². The molecule has 0 atom stereocenters. The van der Waals surface area contributed by atoms with Crippen molar-refractivity contribution in [2.45, 2.75) is 19.3 Å². The minimum atomic E-state index is -0.260. The van der Waals surface area contributed by atoms with Crippen LogP contribution in [0.5, 0.6) is 17.4 Å². The van der Waals surface area contributed by atoms with Crippen LogP contribution >= 0.6 is 0 Å². The van der Waals surface area contributed by atoms with Crippen molar-refractivity contribution in [3.05, 3.63) is 70.9 Å². The summed E-state index contributed by atoms with van der Waals surface area (Å²) in [6, 6.07) is 12.9. The molecule has 0 fully saturated rings. The standard InChI is InChI=1S/C21H18N4O3/c1-21(2)12-27-15-6-3-7-16(18(15)21)28-17-9-8-13(11-23-17)25-19-14(24-20(25)26)5-4-10-22-19/h3-11H,12H2,1-2H3,(H,24,26). The van der Waals surface area contributed by atoms with Gasteiger partial charge in [0.2, 0.25) is 5.88 Å². The third-order valence-electron chi connectivity index (χ3n) is 4.89. The van der Waals surface area contributed by atoms with Gasteiger partial charge in [-0.3, -0.25) is 0 Å². The highest BCUT2D eigenvalue weighted by Gasteiger charge is 2.35. The van der Waals surface area contributed by atoms with E-state index in [9.17, 15) is 4.79 Å². The molecule has 3 aromatic heterocycles. The molecule has 1 N–H and O–H groups in total. The Labute approximate surface area is 160 Å². The number of H-pyrrole nitrogens is 1. The van der Waals surface area contributed by atoms with Gasteiger partial charge in [0.1, 0.15) is 11.5 Å². The fourth-order valence-corrected chi connectivity index (χ4v) is 3.57. The molecule has 4 aromatic rings. The minimum Gasteiger partial charge on any atom is -0.492 e. The van der Waals surface area contributed by atoms with Crippen molar-refractivity contribution in [2.24, 2.45) is 0 Å². The molecule has 0 bridgehead atoms. The Bertz CT molecular complexity index is 1240. The van der Waals surface area contributed by atoms with Gasteiger partial charge in [-0.05, 0) is 30.3 Å². The van der Waals surface area contributed by atoms with Crippen molar-refractivity contribution in [3.8, 4) is 23.1 Å². The minimum absolute atomic E-state index is 0.130. The van der Waals surface area contributed by atoms with E-state index in [4.69, 9.17) is 9.47 Å². The van der Waals surface area contributed by atoms with Gasteiger partial charge in [-0.25, -0.2) is 19.3 Å². The van der Waals surface area contributed by atoms with Gasteiger partial charge in [0, 0.05) is 23.2 Å². The molecule has 140 valence electrons. The molecule has 1 aliphatic heterocycles. The van der Waals surface area contributed by atoms with Crippen molar-refractivity contribution < 1.29 is 9.47 Å². The summed E-state index contributed by atoms with van der Waals surface area (Å²) in [5.41, 5.74) is 2.50. The predicted molar refractivity (Wildman–Crippen MR) is 105 cm³/mol. The average Bonchev–Trinajstić information content (AvgIpc) is 3.19. The normalized spacial score (nSPS) is 14.6. The van der Waals surface area contributed by atoms with E-state index < -0.39 is 0 Å². The molecule has 0 aliphatic carbocycles. The van der Waals surface area contributed by atoms with Crippen LogP contribution in [-0.2, 0) is 5.41 Å². The van der Waals surface area contributed by atoms with Gasteiger partial charge in [-0.2, -0.15) is 0 Å². The molecular weight excluding hydrogens is 356 g/mol. The number of nitrogens with zero attached hydrogens (tertiary/aromatic N) is 3. The van der Waals surface area contributed by atoms with Gasteiger partial charge >= 0.3 is 5.69 Å². The van der Waals surface area contributed by atoms with Crippen LogP contribution in [0.2, 0.25) is 0 Å². The summed E-state index contributed by atoms with van der Waals surface area (Å²) in [6.45, 7) is 4.86. The molecule has 28 heavy (non-hydrogen) atoms. The smallest absolute Gasteiger partial charge is 0.332 e. The van der Waals surface area contributed by atoms with Gasteiger partial charge in [-0.15, -0.1) is 0 Å². The van der Waals surface area contributed by atoms with Crippen LogP contribution in [0.25, 0.3) is 16.9 Å². The number of benzene rings is 1. The highest BCUT2D eigenvalue weighted by atomic mass is 16.5. The predicted octanol–water partition coefficient (Wildman–Crippen LogP) is 3.57. The van der Waals surface area contributed by atoms with Crippen LogP contribution in [0.15, 0.2) is 59.7 Å². The zero-order valence-corrected chi connectivity index (χ0v) is 15.5. The lowest BCUT2D eigenvalue weighted by molar-refractivity contribution is 0.290. The average molecular weight is 374 g/mol. The first-order valence-corrected chi connectivity index (χ1v) is 8.99. The zero-order valence-electron chi connectivity index (χ0n) is 15.5. The summed E-state index contributed by atoms with van der Waals surface area (Å²) < 4.78 is 13.3. The molecular formula is C21H18N4O3. The topological polar surface area (TPSA) is 82.0 Å². The number of imidazole rings is 1. The Balaban J connectivity index is 1.50. The molecule has 7 heteroatoms. The number of nitrogens with one attached hydrogen (secondary N) is 1. The molecule has 0 saturated heterocycles. The van der Waals surface area contributed by atoms with E-state index in [1.165, 1.54) is 4.57 Å². The summed E-state index contributed by atoms with van der Waals surface area (Å²) in [5, 5.41) is 0. The molecule has 1 aliphatic rings. The number of pyridine rings is 2. The third-order valence-corrected chi connectivity index (χ3v) is 4.89. The van der Waals surface area contributed by atoms with Gasteiger partial charge in [0.25, 0.3) is 0 Å². The Hall–Kier alpha value is -3.61. The number of aromatic amines is 1. The number of hydrogen-bond donors (Lipinski definition) is 1. The quantitative estimate of drug-likeness (QED) is 0.593. The Morgan fingerprint density at radius 2 is 2.04 bits per heavy atom. The van der Waals surface area contributed by atoms with Crippen molar-refractivity contribution in [3.63, 3.8) is 0 Å². The van der Waals surface area contributed by atoms with Crippen LogP contribution in [0.3, 0.4) is 0 Å². The molecule has 0 amide bonds. The van der Waals surface area contributed by atoms with Crippen LogP contribution in [0.1, 0.15) is 19.4 Å². The molecule has 0 spiro atoms. The SMILES string of the molecule is CC1(C)COc2cccc(Oc3ccc(-n4c(=O)[nH]c5cccnc54)cn3)c21. The first-order valence-electron chi connectivity index (χ1n) is 8.99. The summed E-state index contributed by atoms with van der Waals surface area (Å²) in [4.78, 5) is 23.8. The first kappa shape index (κ1) is 16.6. The van der Waals surface area contributed by atoms with E-state index in [1.54, 1.807) is 30.6 Å². The second-order valence-corrected chi connectivity index (χ2v) is 7.40. The highest BCUT2D eigenvalue weighted by Crippen LogP contribution is 2.45. The lowest BCUT2D eigenvalue weighted by atomic mass is 9.86. The number of aromatic nitrogens is 4. The van der Waals surface area contributed by atoms with E-state index in [1.807, 2.05) is 24.3 Å². The highest BCUT2D eigenvalue weighted by molar-refractivity contribution is 5.72. The Morgan fingerprint density at radius 3 is 2.86 bits per heavy atom. The molecule has 7 nitrogen and oxygen atoms in total. The van der Waals surface area contributed by atoms with Gasteiger partial charge in [-0.1, -0.05) is 19.9 Å². The fourth-order valence-electron chi connectivity index (χ4n) is 3.57. The second kappa shape index (κ2) is 5.95. The maximum atomic E-state index is 12.3. The lowest BCUT2D eigenvalue weighted by Gasteiger charge is -2.18. The van der Waals surface area contributed by atoms with Crippen LogP contribution in [0.4, 0.5) is 0 Å². The van der Waals surface area contributed by atoms with Crippen LogP contribution in [0, 0.1) is 0 Å². The Kier molecular flexibility index (Phi) is 3.52. The van der Waals surface area contributed by atoms with Crippen molar-refractivity contribution >= 4 is 11.2 Å². The molecule has 4 heterocycles. The number of hydrogen-bond acceptors (Lipinski definition) is 5.